The highest BCUT2D eigenvalue weighted by atomic mass is 16.5. The second-order valence-electron chi connectivity index (χ2n) is 8.66. The van der Waals surface area contributed by atoms with Gasteiger partial charge in [-0.1, -0.05) is 46.8 Å². The monoisotopic (exact) mass is 407 g/mol. The Balaban J connectivity index is 1.80. The number of benzene rings is 1. The summed E-state index contributed by atoms with van der Waals surface area (Å²) in [6.45, 7) is 12.3. The zero-order chi connectivity index (χ0) is 21.9. The van der Waals surface area contributed by atoms with Crippen molar-refractivity contribution in [2.75, 3.05) is 11.9 Å². The van der Waals surface area contributed by atoms with Crippen LogP contribution in [0.3, 0.4) is 0 Å². The van der Waals surface area contributed by atoms with Gasteiger partial charge in [-0.15, -0.1) is 0 Å². The van der Waals surface area contributed by atoms with Crippen LogP contribution in [0.1, 0.15) is 57.4 Å². The van der Waals surface area contributed by atoms with Crippen LogP contribution in [0.15, 0.2) is 42.7 Å². The molecule has 3 aromatic rings. The van der Waals surface area contributed by atoms with Crippen molar-refractivity contribution in [3.05, 3.63) is 59.5 Å². The summed E-state index contributed by atoms with van der Waals surface area (Å²) in [7, 11) is 0. The van der Waals surface area contributed by atoms with Crippen molar-refractivity contribution in [1.82, 2.24) is 19.7 Å². The van der Waals surface area contributed by atoms with E-state index in [1.54, 1.807) is 23.1 Å². The summed E-state index contributed by atoms with van der Waals surface area (Å²) in [5.74, 6) is 1.66. The number of ether oxygens (including phenoxy) is 1. The number of nitrogens with zero attached hydrogens (tertiary/aromatic N) is 4. The molecule has 0 radical (unpaired) electrons. The Hall–Kier alpha value is -3.22. The molecule has 1 N–H and O–H groups in total. The van der Waals surface area contributed by atoms with Gasteiger partial charge in [-0.2, -0.15) is 9.78 Å². The normalized spacial score (nSPS) is 11.6. The number of hydrogen-bond acceptors (Lipinski definition) is 5. The van der Waals surface area contributed by atoms with Crippen LogP contribution < -0.4 is 10.1 Å². The molecule has 30 heavy (non-hydrogen) atoms. The van der Waals surface area contributed by atoms with E-state index in [1.807, 2.05) is 25.1 Å². The lowest BCUT2D eigenvalue weighted by Gasteiger charge is -2.15. The lowest BCUT2D eigenvalue weighted by atomic mass is 9.92. The van der Waals surface area contributed by atoms with Crippen LogP contribution in [0.5, 0.6) is 5.75 Å². The highest BCUT2D eigenvalue weighted by Gasteiger charge is 2.22. The van der Waals surface area contributed by atoms with E-state index in [4.69, 9.17) is 4.74 Å². The molecule has 158 valence electrons. The summed E-state index contributed by atoms with van der Waals surface area (Å²) < 4.78 is 7.41. The summed E-state index contributed by atoms with van der Waals surface area (Å²) in [6, 6.07) is 9.64. The molecule has 0 aliphatic rings. The zero-order valence-corrected chi connectivity index (χ0v) is 18.4. The van der Waals surface area contributed by atoms with Crippen LogP contribution in [-0.2, 0) is 10.2 Å². The van der Waals surface area contributed by atoms with Crippen LogP contribution in [0.4, 0.5) is 5.82 Å². The van der Waals surface area contributed by atoms with Crippen LogP contribution in [0, 0.1) is 6.92 Å². The number of amides is 1. The first-order chi connectivity index (χ1) is 14.1. The van der Waals surface area contributed by atoms with Gasteiger partial charge in [-0.25, -0.2) is 9.97 Å². The molecule has 0 spiro atoms. The Bertz CT molecular complexity index is 1020. The third kappa shape index (κ3) is 5.03. The molecule has 0 bridgehead atoms. The van der Waals surface area contributed by atoms with Crippen molar-refractivity contribution in [2.45, 2.75) is 52.9 Å². The summed E-state index contributed by atoms with van der Waals surface area (Å²) in [5.41, 5.74) is 2.80. The van der Waals surface area contributed by atoms with E-state index in [1.165, 1.54) is 0 Å². The predicted octanol–water partition coefficient (Wildman–Crippen LogP) is 4.41. The lowest BCUT2D eigenvalue weighted by molar-refractivity contribution is -0.118. The van der Waals surface area contributed by atoms with Crippen molar-refractivity contribution in [1.29, 1.82) is 0 Å². The van der Waals surface area contributed by atoms with E-state index < -0.39 is 0 Å². The molecular weight excluding hydrogens is 378 g/mol. The van der Waals surface area contributed by atoms with Crippen LogP contribution >= 0.6 is 0 Å². The van der Waals surface area contributed by atoms with Gasteiger partial charge in [0.15, 0.2) is 6.61 Å². The van der Waals surface area contributed by atoms with Crippen molar-refractivity contribution >= 4 is 11.7 Å². The maximum atomic E-state index is 12.7. The number of carbonyl (C=O) groups is 1. The van der Waals surface area contributed by atoms with Crippen LogP contribution in [-0.4, -0.2) is 32.3 Å². The first-order valence-electron chi connectivity index (χ1n) is 10.1. The Morgan fingerprint density at radius 3 is 2.50 bits per heavy atom. The third-order valence-corrected chi connectivity index (χ3v) is 4.64. The molecule has 2 heterocycles. The Morgan fingerprint density at radius 2 is 1.87 bits per heavy atom. The molecule has 0 aliphatic heterocycles. The van der Waals surface area contributed by atoms with Gasteiger partial charge in [-0.3, -0.25) is 4.79 Å². The van der Waals surface area contributed by atoms with Crippen molar-refractivity contribution in [3.8, 4) is 11.7 Å². The molecule has 0 fully saturated rings. The number of aromatic nitrogens is 4. The smallest absolute Gasteiger partial charge is 0.263 e. The number of hydrogen-bond donors (Lipinski definition) is 1. The van der Waals surface area contributed by atoms with Gasteiger partial charge >= 0.3 is 0 Å². The van der Waals surface area contributed by atoms with Gasteiger partial charge in [0.1, 0.15) is 11.6 Å². The third-order valence-electron chi connectivity index (χ3n) is 4.64. The molecule has 0 saturated heterocycles. The maximum Gasteiger partial charge on any atom is 0.263 e. The minimum atomic E-state index is -0.274. The number of anilines is 1. The van der Waals surface area contributed by atoms with Gasteiger partial charge < -0.3 is 10.1 Å². The van der Waals surface area contributed by atoms with Crippen LogP contribution in [0.2, 0.25) is 0 Å². The molecule has 1 aromatic carbocycles. The van der Waals surface area contributed by atoms with Gasteiger partial charge in [-0.05, 0) is 36.1 Å². The second kappa shape index (κ2) is 8.65. The molecule has 0 aliphatic carbocycles. The molecule has 3 rings (SSSR count). The van der Waals surface area contributed by atoms with E-state index in [0.717, 1.165) is 22.6 Å². The number of nitrogens with one attached hydrogen (secondary N) is 1. The Kier molecular flexibility index (Phi) is 6.20. The van der Waals surface area contributed by atoms with E-state index in [0.29, 0.717) is 17.7 Å². The Morgan fingerprint density at radius 1 is 1.17 bits per heavy atom. The van der Waals surface area contributed by atoms with Crippen LogP contribution in [0.25, 0.3) is 5.95 Å². The van der Waals surface area contributed by atoms with E-state index in [9.17, 15) is 4.79 Å². The van der Waals surface area contributed by atoms with E-state index in [-0.39, 0.29) is 17.9 Å². The largest absolute Gasteiger partial charge is 0.483 e. The predicted molar refractivity (Wildman–Crippen MR) is 117 cm³/mol. The Labute approximate surface area is 177 Å². The standard InChI is InChI=1S/C23H29N5O2/c1-15(2)17-9-8-16(3)12-18(17)30-14-21(29)26-20-13-19(23(4,5)6)27-28(20)22-24-10-7-11-25-22/h7-13,15H,14H2,1-6H3,(H,26,29). The highest BCUT2D eigenvalue weighted by molar-refractivity contribution is 5.91. The van der Waals surface area contributed by atoms with Gasteiger partial charge in [0.25, 0.3) is 11.9 Å². The first-order valence-corrected chi connectivity index (χ1v) is 10.1. The van der Waals surface area contributed by atoms with E-state index >= 15 is 0 Å². The molecule has 0 atom stereocenters. The molecule has 0 unspecified atom stereocenters. The number of carbonyl (C=O) groups excluding carboxylic acids is 1. The fourth-order valence-electron chi connectivity index (χ4n) is 2.96. The summed E-state index contributed by atoms with van der Waals surface area (Å²) in [6.07, 6.45) is 3.28. The maximum absolute atomic E-state index is 12.7. The molecular formula is C23H29N5O2. The molecule has 1 amide bonds. The molecule has 7 heteroatoms. The topological polar surface area (TPSA) is 81.9 Å². The fourth-order valence-corrected chi connectivity index (χ4v) is 2.96. The quantitative estimate of drug-likeness (QED) is 0.654. The minimum absolute atomic E-state index is 0.102. The van der Waals surface area contributed by atoms with Gasteiger partial charge in [0.05, 0.1) is 5.69 Å². The van der Waals surface area contributed by atoms with Gasteiger partial charge in [0.2, 0.25) is 0 Å². The highest BCUT2D eigenvalue weighted by Crippen LogP contribution is 2.28. The molecule has 7 nitrogen and oxygen atoms in total. The minimum Gasteiger partial charge on any atom is -0.483 e. The molecule has 0 saturated carbocycles. The van der Waals surface area contributed by atoms with E-state index in [2.05, 4.69) is 61.1 Å². The number of aryl methyl sites for hydroxylation is 1. The molecule has 2 aromatic heterocycles. The average Bonchev–Trinajstić information content (AvgIpc) is 3.11. The number of rotatable bonds is 6. The summed E-state index contributed by atoms with van der Waals surface area (Å²) >= 11 is 0. The van der Waals surface area contributed by atoms with Gasteiger partial charge in [0, 0.05) is 23.9 Å². The average molecular weight is 408 g/mol. The summed E-state index contributed by atoms with van der Waals surface area (Å²) in [4.78, 5) is 21.2. The van der Waals surface area contributed by atoms with Crippen molar-refractivity contribution in [3.63, 3.8) is 0 Å². The first kappa shape index (κ1) is 21.5. The summed E-state index contributed by atoms with van der Waals surface area (Å²) in [5, 5.41) is 7.50. The SMILES string of the molecule is Cc1ccc(C(C)C)c(OCC(=O)Nc2cc(C(C)(C)C)nn2-c2ncccn2)c1. The van der Waals surface area contributed by atoms with Crippen molar-refractivity contribution < 1.29 is 9.53 Å². The lowest BCUT2D eigenvalue weighted by Crippen LogP contribution is -2.22. The fraction of sp³-hybridized carbons (Fsp3) is 0.391. The zero-order valence-electron chi connectivity index (χ0n) is 18.4. The second-order valence-corrected chi connectivity index (χ2v) is 8.66. The van der Waals surface area contributed by atoms with Crippen molar-refractivity contribution in [2.24, 2.45) is 0 Å².